The van der Waals surface area contributed by atoms with E-state index < -0.39 is 0 Å². The smallest absolute Gasteiger partial charge is 0.237 e. The van der Waals surface area contributed by atoms with Crippen LogP contribution in [0.4, 0.5) is 0 Å². The molecule has 7 nitrogen and oxygen atoms in total. The lowest BCUT2D eigenvalue weighted by atomic mass is 9.94. The second kappa shape index (κ2) is 7.55. The fourth-order valence-corrected chi connectivity index (χ4v) is 2.94. The van der Waals surface area contributed by atoms with Crippen LogP contribution < -0.4 is 5.32 Å². The highest BCUT2D eigenvalue weighted by atomic mass is 16.5. The van der Waals surface area contributed by atoms with E-state index in [-0.39, 0.29) is 11.9 Å². The number of hydrogen-bond acceptors (Lipinski definition) is 6. The van der Waals surface area contributed by atoms with Crippen LogP contribution in [0, 0.1) is 0 Å². The molecule has 0 spiro atoms. The molecule has 7 heteroatoms. The fraction of sp³-hybridized carbons (Fsp3) is 0.471. The number of amides is 1. The first-order chi connectivity index (χ1) is 11.7. The van der Waals surface area contributed by atoms with Crippen molar-refractivity contribution in [2.45, 2.75) is 32.0 Å². The van der Waals surface area contributed by atoms with E-state index in [2.05, 4.69) is 32.5 Å². The third kappa shape index (κ3) is 3.80. The number of nitrogens with one attached hydrogen (secondary N) is 1. The highest BCUT2D eigenvalue weighted by molar-refractivity contribution is 5.82. The molecular formula is C17H22N4O3. The number of ether oxygens (including phenoxy) is 1. The fourth-order valence-electron chi connectivity index (χ4n) is 2.94. The number of benzene rings is 1. The Hall–Kier alpha value is -2.25. The summed E-state index contributed by atoms with van der Waals surface area (Å²) in [6.07, 6.45) is 1.24. The van der Waals surface area contributed by atoms with Gasteiger partial charge in [-0.3, -0.25) is 9.69 Å². The van der Waals surface area contributed by atoms with Gasteiger partial charge in [-0.2, -0.15) is 4.98 Å². The van der Waals surface area contributed by atoms with Gasteiger partial charge >= 0.3 is 0 Å². The highest BCUT2D eigenvalue weighted by Gasteiger charge is 2.28. The van der Waals surface area contributed by atoms with Gasteiger partial charge in [-0.15, -0.1) is 0 Å². The summed E-state index contributed by atoms with van der Waals surface area (Å²) in [4.78, 5) is 18.8. The lowest BCUT2D eigenvalue weighted by Gasteiger charge is -2.33. The Morgan fingerprint density at radius 3 is 3.00 bits per heavy atom. The lowest BCUT2D eigenvalue weighted by Crippen LogP contribution is -2.48. The van der Waals surface area contributed by atoms with Crippen molar-refractivity contribution in [3.63, 3.8) is 0 Å². The van der Waals surface area contributed by atoms with Crippen molar-refractivity contribution < 1.29 is 14.1 Å². The van der Waals surface area contributed by atoms with E-state index in [4.69, 9.17) is 9.26 Å². The standard InChI is InChI=1S/C17H22N4O3/c1-21-10-13-6-4-3-5-12(13)9-14(21)17(22)18-8-7-16-19-15(11-23-2)20-24-16/h3-6,14H,7-11H2,1-2H3,(H,18,22). The van der Waals surface area contributed by atoms with Crippen molar-refractivity contribution in [3.8, 4) is 0 Å². The minimum Gasteiger partial charge on any atom is -0.377 e. The number of nitrogens with zero attached hydrogens (tertiary/aromatic N) is 3. The zero-order valence-electron chi connectivity index (χ0n) is 14.0. The molecule has 1 aliphatic rings. The van der Waals surface area contributed by atoms with Crippen LogP contribution in [0.3, 0.4) is 0 Å². The maximum absolute atomic E-state index is 12.5. The summed E-state index contributed by atoms with van der Waals surface area (Å²) in [5, 5.41) is 6.76. The average molecular weight is 330 g/mol. The van der Waals surface area contributed by atoms with Gasteiger partial charge in [-0.25, -0.2) is 0 Å². The second-order valence-corrected chi connectivity index (χ2v) is 5.98. The molecule has 1 amide bonds. The van der Waals surface area contributed by atoms with Crippen molar-refractivity contribution in [2.75, 3.05) is 20.7 Å². The van der Waals surface area contributed by atoms with Gasteiger partial charge < -0.3 is 14.6 Å². The van der Waals surface area contributed by atoms with E-state index in [1.54, 1.807) is 7.11 Å². The van der Waals surface area contributed by atoms with Gasteiger partial charge in [-0.05, 0) is 24.6 Å². The van der Waals surface area contributed by atoms with Crippen LogP contribution in [0.2, 0.25) is 0 Å². The van der Waals surface area contributed by atoms with E-state index in [9.17, 15) is 4.79 Å². The molecule has 3 rings (SSSR count). The second-order valence-electron chi connectivity index (χ2n) is 5.98. The van der Waals surface area contributed by atoms with Crippen molar-refractivity contribution in [1.82, 2.24) is 20.4 Å². The van der Waals surface area contributed by atoms with Crippen LogP contribution in [0.15, 0.2) is 28.8 Å². The van der Waals surface area contributed by atoms with Crippen LogP contribution in [-0.2, 0) is 35.5 Å². The summed E-state index contributed by atoms with van der Waals surface area (Å²) in [5.74, 6) is 1.05. The predicted octanol–water partition coefficient (Wildman–Crippen LogP) is 0.931. The molecule has 1 atom stereocenters. The van der Waals surface area contributed by atoms with E-state index in [1.807, 2.05) is 19.2 Å². The van der Waals surface area contributed by atoms with Crippen molar-refractivity contribution in [3.05, 3.63) is 47.1 Å². The minimum atomic E-state index is -0.147. The summed E-state index contributed by atoms with van der Waals surface area (Å²) in [7, 11) is 3.56. The quantitative estimate of drug-likeness (QED) is 0.849. The van der Waals surface area contributed by atoms with Gasteiger partial charge in [-0.1, -0.05) is 29.4 Å². The lowest BCUT2D eigenvalue weighted by molar-refractivity contribution is -0.126. The molecule has 1 N–H and O–H groups in total. The first-order valence-corrected chi connectivity index (χ1v) is 8.02. The Bertz CT molecular complexity index is 701. The van der Waals surface area contributed by atoms with Crippen molar-refractivity contribution in [1.29, 1.82) is 0 Å². The molecule has 0 saturated heterocycles. The molecule has 2 heterocycles. The number of aromatic nitrogens is 2. The van der Waals surface area contributed by atoms with Crippen LogP contribution in [0.5, 0.6) is 0 Å². The maximum Gasteiger partial charge on any atom is 0.237 e. The Kier molecular flexibility index (Phi) is 5.22. The third-order valence-corrected chi connectivity index (χ3v) is 4.21. The largest absolute Gasteiger partial charge is 0.377 e. The van der Waals surface area contributed by atoms with Crippen LogP contribution in [-0.4, -0.2) is 47.7 Å². The number of fused-ring (bicyclic) bond motifs is 1. The predicted molar refractivity (Wildman–Crippen MR) is 87.1 cm³/mol. The summed E-state index contributed by atoms with van der Waals surface area (Å²) in [5.41, 5.74) is 2.54. The number of rotatable bonds is 6. The molecule has 1 aromatic carbocycles. The Balaban J connectivity index is 1.51. The molecule has 0 saturated carbocycles. The molecule has 1 aromatic heterocycles. The first kappa shape index (κ1) is 16.6. The van der Waals surface area contributed by atoms with E-state index in [1.165, 1.54) is 11.1 Å². The van der Waals surface area contributed by atoms with Gasteiger partial charge in [0, 0.05) is 26.6 Å². The van der Waals surface area contributed by atoms with Crippen LogP contribution in [0.1, 0.15) is 22.8 Å². The zero-order chi connectivity index (χ0) is 16.9. The number of methoxy groups -OCH3 is 1. The summed E-state index contributed by atoms with van der Waals surface area (Å²) >= 11 is 0. The van der Waals surface area contributed by atoms with Gasteiger partial charge in [0.15, 0.2) is 5.82 Å². The SMILES string of the molecule is COCc1noc(CCNC(=O)C2Cc3ccccc3CN2C)n1. The summed E-state index contributed by atoms with van der Waals surface area (Å²) < 4.78 is 10.1. The van der Waals surface area contributed by atoms with Crippen LogP contribution in [0.25, 0.3) is 0 Å². The van der Waals surface area contributed by atoms with Crippen molar-refractivity contribution in [2.24, 2.45) is 0 Å². The van der Waals surface area contributed by atoms with Crippen molar-refractivity contribution >= 4 is 5.91 Å². The Labute approximate surface area is 141 Å². The minimum absolute atomic E-state index is 0.0311. The first-order valence-electron chi connectivity index (χ1n) is 8.02. The van der Waals surface area contributed by atoms with E-state index in [0.29, 0.717) is 31.3 Å². The number of hydrogen-bond donors (Lipinski definition) is 1. The molecule has 24 heavy (non-hydrogen) atoms. The Morgan fingerprint density at radius 1 is 1.42 bits per heavy atom. The molecule has 128 valence electrons. The maximum atomic E-state index is 12.5. The average Bonchev–Trinajstić information content (AvgIpc) is 3.02. The number of likely N-dealkylation sites (N-methyl/N-ethyl adjacent to an activating group) is 1. The molecule has 0 aliphatic carbocycles. The normalized spacial score (nSPS) is 17.5. The molecule has 0 radical (unpaired) electrons. The molecule has 0 fully saturated rings. The van der Waals surface area contributed by atoms with Crippen LogP contribution >= 0.6 is 0 Å². The van der Waals surface area contributed by atoms with Gasteiger partial charge in [0.25, 0.3) is 0 Å². The third-order valence-electron chi connectivity index (χ3n) is 4.21. The summed E-state index contributed by atoms with van der Waals surface area (Å²) in [6.45, 7) is 1.58. The molecular weight excluding hydrogens is 308 g/mol. The summed E-state index contributed by atoms with van der Waals surface area (Å²) in [6, 6.07) is 8.12. The monoisotopic (exact) mass is 330 g/mol. The highest BCUT2D eigenvalue weighted by Crippen LogP contribution is 2.21. The number of carbonyl (C=O) groups is 1. The van der Waals surface area contributed by atoms with E-state index >= 15 is 0 Å². The van der Waals surface area contributed by atoms with Gasteiger partial charge in [0.2, 0.25) is 11.8 Å². The topological polar surface area (TPSA) is 80.5 Å². The van der Waals surface area contributed by atoms with Gasteiger partial charge in [0.1, 0.15) is 6.61 Å². The molecule has 2 aromatic rings. The Morgan fingerprint density at radius 2 is 2.21 bits per heavy atom. The number of carbonyl (C=O) groups excluding carboxylic acids is 1. The van der Waals surface area contributed by atoms with E-state index in [0.717, 1.165) is 13.0 Å². The van der Waals surface area contributed by atoms with Gasteiger partial charge in [0.05, 0.1) is 6.04 Å². The molecule has 0 bridgehead atoms. The molecule has 1 aliphatic heterocycles. The zero-order valence-corrected chi connectivity index (χ0v) is 14.0. The molecule has 1 unspecified atom stereocenters.